The second-order valence-electron chi connectivity index (χ2n) is 14.5. The van der Waals surface area contributed by atoms with Crippen molar-refractivity contribution in [2.75, 3.05) is 0 Å². The highest BCUT2D eigenvalue weighted by molar-refractivity contribution is 6.23. The summed E-state index contributed by atoms with van der Waals surface area (Å²) in [6.45, 7) is 4.62. The summed E-state index contributed by atoms with van der Waals surface area (Å²) in [5, 5.41) is 4.67. The molecular formula is C48H33N5. The number of hydrogen-bond donors (Lipinski definition) is 0. The molecule has 0 unspecified atom stereocenters. The quantitative estimate of drug-likeness (QED) is 0.186. The zero-order valence-corrected chi connectivity index (χ0v) is 29.3. The highest BCUT2D eigenvalue weighted by Gasteiger charge is 2.35. The SMILES string of the molecule is CC1(C)c2ccccc2-c2cc(-c3nc(-c4ccccc4)nc(-n4c5ccccc5c5ccc6c7ccccc7n(-c7ccccc7)c6c54)n3)ccc21. The summed E-state index contributed by atoms with van der Waals surface area (Å²) in [6.07, 6.45) is 0. The van der Waals surface area contributed by atoms with Crippen LogP contribution in [0.25, 0.3) is 89.2 Å². The van der Waals surface area contributed by atoms with Gasteiger partial charge in [0.2, 0.25) is 5.95 Å². The zero-order valence-electron chi connectivity index (χ0n) is 29.3. The summed E-state index contributed by atoms with van der Waals surface area (Å²) in [5.41, 5.74) is 12.4. The molecule has 5 nitrogen and oxygen atoms in total. The molecule has 10 aromatic rings. The van der Waals surface area contributed by atoms with Crippen LogP contribution in [0.1, 0.15) is 25.0 Å². The summed E-state index contributed by atoms with van der Waals surface area (Å²) in [7, 11) is 0. The Balaban J connectivity index is 1.25. The van der Waals surface area contributed by atoms with Gasteiger partial charge in [-0.05, 0) is 52.6 Å². The van der Waals surface area contributed by atoms with Crippen molar-refractivity contribution in [2.45, 2.75) is 19.3 Å². The van der Waals surface area contributed by atoms with Crippen LogP contribution in [0.3, 0.4) is 0 Å². The first-order valence-corrected chi connectivity index (χ1v) is 18.1. The lowest BCUT2D eigenvalue weighted by Crippen LogP contribution is -2.14. The molecule has 1 aliphatic rings. The molecule has 11 rings (SSSR count). The molecule has 0 saturated carbocycles. The van der Waals surface area contributed by atoms with Gasteiger partial charge in [0.1, 0.15) is 0 Å². The van der Waals surface area contributed by atoms with E-state index >= 15 is 0 Å². The molecule has 0 amide bonds. The van der Waals surface area contributed by atoms with Crippen molar-refractivity contribution in [1.82, 2.24) is 24.1 Å². The molecule has 7 aromatic carbocycles. The smallest absolute Gasteiger partial charge is 0.238 e. The van der Waals surface area contributed by atoms with E-state index in [2.05, 4.69) is 169 Å². The van der Waals surface area contributed by atoms with Gasteiger partial charge in [-0.1, -0.05) is 147 Å². The van der Waals surface area contributed by atoms with Crippen LogP contribution in [-0.4, -0.2) is 24.1 Å². The van der Waals surface area contributed by atoms with Gasteiger partial charge in [0.05, 0.1) is 22.1 Å². The van der Waals surface area contributed by atoms with Crippen LogP contribution in [0.15, 0.2) is 164 Å². The Morgan fingerprint density at radius 1 is 0.415 bits per heavy atom. The minimum atomic E-state index is -0.0878. The second-order valence-corrected chi connectivity index (χ2v) is 14.5. The van der Waals surface area contributed by atoms with Gasteiger partial charge in [-0.3, -0.25) is 4.57 Å². The number of para-hydroxylation sites is 3. The van der Waals surface area contributed by atoms with E-state index in [9.17, 15) is 0 Å². The fraction of sp³-hybridized carbons (Fsp3) is 0.0625. The summed E-state index contributed by atoms with van der Waals surface area (Å²) < 4.78 is 4.65. The average Bonchev–Trinajstić information content (AvgIpc) is 3.82. The molecule has 0 bridgehead atoms. The standard InChI is InChI=1S/C48H33N5/c1-48(2)39-22-12-9-19-33(39)38-29-31(25-28-40(38)48)46-49-45(30-15-5-3-6-16-30)50-47(51-46)53-42-24-14-11-21-35(42)37-27-26-36-34-20-10-13-23-41(34)52(43(36)44(37)53)32-17-7-4-8-18-32/h3-29H,1-2H3. The Labute approximate surface area is 306 Å². The van der Waals surface area contributed by atoms with E-state index in [1.807, 2.05) is 18.2 Å². The molecule has 53 heavy (non-hydrogen) atoms. The van der Waals surface area contributed by atoms with E-state index in [1.165, 1.54) is 33.0 Å². The van der Waals surface area contributed by atoms with Crippen LogP contribution in [0.2, 0.25) is 0 Å². The molecule has 0 fully saturated rings. The van der Waals surface area contributed by atoms with Crippen molar-refractivity contribution in [2.24, 2.45) is 0 Å². The Morgan fingerprint density at radius 3 is 1.68 bits per heavy atom. The molecule has 0 radical (unpaired) electrons. The lowest BCUT2D eigenvalue weighted by molar-refractivity contribution is 0.660. The molecule has 3 aromatic heterocycles. The molecule has 0 spiro atoms. The summed E-state index contributed by atoms with van der Waals surface area (Å²) in [4.78, 5) is 15.9. The number of fused-ring (bicyclic) bond motifs is 10. The normalized spacial score (nSPS) is 13.2. The van der Waals surface area contributed by atoms with E-state index in [4.69, 9.17) is 15.0 Å². The molecule has 0 N–H and O–H groups in total. The van der Waals surface area contributed by atoms with Gasteiger partial charge in [0.15, 0.2) is 11.6 Å². The fourth-order valence-electron chi connectivity index (χ4n) is 8.72. The monoisotopic (exact) mass is 679 g/mol. The van der Waals surface area contributed by atoms with Crippen molar-refractivity contribution in [3.63, 3.8) is 0 Å². The van der Waals surface area contributed by atoms with Gasteiger partial charge in [-0.2, -0.15) is 9.97 Å². The van der Waals surface area contributed by atoms with Crippen molar-refractivity contribution in [3.8, 4) is 45.5 Å². The average molecular weight is 680 g/mol. The van der Waals surface area contributed by atoms with Crippen LogP contribution in [0, 0.1) is 0 Å². The van der Waals surface area contributed by atoms with Gasteiger partial charge in [-0.25, -0.2) is 4.98 Å². The lowest BCUT2D eigenvalue weighted by Gasteiger charge is -2.21. The van der Waals surface area contributed by atoms with E-state index in [1.54, 1.807) is 0 Å². The van der Waals surface area contributed by atoms with Crippen LogP contribution in [-0.2, 0) is 5.41 Å². The molecule has 5 heteroatoms. The zero-order chi connectivity index (χ0) is 35.3. The van der Waals surface area contributed by atoms with Gasteiger partial charge in [0, 0.05) is 43.8 Å². The third-order valence-corrected chi connectivity index (χ3v) is 11.2. The first kappa shape index (κ1) is 29.8. The fourth-order valence-corrected chi connectivity index (χ4v) is 8.72. The Kier molecular flexibility index (Phi) is 6.23. The number of nitrogens with zero attached hydrogens (tertiary/aromatic N) is 5. The van der Waals surface area contributed by atoms with E-state index in [0.29, 0.717) is 17.6 Å². The summed E-state index contributed by atoms with van der Waals surface area (Å²) in [5.74, 6) is 1.85. The van der Waals surface area contributed by atoms with Gasteiger partial charge in [0.25, 0.3) is 0 Å². The first-order valence-electron chi connectivity index (χ1n) is 18.1. The second kappa shape index (κ2) is 11.1. The van der Waals surface area contributed by atoms with Crippen LogP contribution >= 0.6 is 0 Å². The van der Waals surface area contributed by atoms with Gasteiger partial charge < -0.3 is 4.57 Å². The van der Waals surface area contributed by atoms with Crippen molar-refractivity contribution in [3.05, 3.63) is 175 Å². The lowest BCUT2D eigenvalue weighted by atomic mass is 9.82. The molecule has 250 valence electrons. The van der Waals surface area contributed by atoms with Crippen LogP contribution in [0.5, 0.6) is 0 Å². The molecule has 3 heterocycles. The third kappa shape index (κ3) is 4.28. The third-order valence-electron chi connectivity index (χ3n) is 11.2. The van der Waals surface area contributed by atoms with Crippen LogP contribution < -0.4 is 0 Å². The maximum Gasteiger partial charge on any atom is 0.238 e. The highest BCUT2D eigenvalue weighted by atomic mass is 15.2. The number of aromatic nitrogens is 5. The molecule has 0 saturated heterocycles. The molecule has 0 atom stereocenters. The largest absolute Gasteiger partial charge is 0.307 e. The molecular weight excluding hydrogens is 647 g/mol. The molecule has 0 aliphatic heterocycles. The maximum atomic E-state index is 5.38. The van der Waals surface area contributed by atoms with Crippen molar-refractivity contribution in [1.29, 1.82) is 0 Å². The van der Waals surface area contributed by atoms with E-state index in [-0.39, 0.29) is 5.41 Å². The first-order chi connectivity index (χ1) is 26.1. The van der Waals surface area contributed by atoms with Crippen molar-refractivity contribution >= 4 is 43.6 Å². The Morgan fingerprint density at radius 2 is 0.962 bits per heavy atom. The maximum absolute atomic E-state index is 5.38. The summed E-state index contributed by atoms with van der Waals surface area (Å²) >= 11 is 0. The number of hydrogen-bond acceptors (Lipinski definition) is 3. The number of benzene rings is 7. The Bertz CT molecular complexity index is 3080. The summed E-state index contributed by atoms with van der Waals surface area (Å²) in [6, 6.07) is 58.1. The number of rotatable bonds is 4. The van der Waals surface area contributed by atoms with Crippen LogP contribution in [0.4, 0.5) is 0 Å². The Hall–Kier alpha value is -6.85. The van der Waals surface area contributed by atoms with E-state index < -0.39 is 0 Å². The predicted molar refractivity (Wildman–Crippen MR) is 217 cm³/mol. The van der Waals surface area contributed by atoms with Crippen molar-refractivity contribution < 1.29 is 0 Å². The highest BCUT2D eigenvalue weighted by Crippen LogP contribution is 2.49. The van der Waals surface area contributed by atoms with Gasteiger partial charge in [-0.15, -0.1) is 0 Å². The van der Waals surface area contributed by atoms with Gasteiger partial charge >= 0.3 is 0 Å². The minimum Gasteiger partial charge on any atom is -0.307 e. The predicted octanol–water partition coefficient (Wildman–Crippen LogP) is 11.7. The topological polar surface area (TPSA) is 48.5 Å². The molecule has 1 aliphatic carbocycles. The minimum absolute atomic E-state index is 0.0878. The van der Waals surface area contributed by atoms with E-state index in [0.717, 1.165) is 49.7 Å².